The van der Waals surface area contributed by atoms with Crippen molar-refractivity contribution in [1.29, 1.82) is 0 Å². The topological polar surface area (TPSA) is 84.0 Å². The van der Waals surface area contributed by atoms with Crippen molar-refractivity contribution in [2.45, 2.75) is 34.1 Å². The Hall–Kier alpha value is -3.64. The first-order chi connectivity index (χ1) is 16.2. The SMILES string of the molecule is CCC(=O)NC.CCF.Cc1ccnc(NC(=O)c2cc(C#Cc3cnc(C)s3)ccc2F)c1. The summed E-state index contributed by atoms with van der Waals surface area (Å²) in [7, 11) is 1.63. The van der Waals surface area contributed by atoms with Crippen molar-refractivity contribution in [3.8, 4) is 11.8 Å². The zero-order valence-corrected chi connectivity index (χ0v) is 20.6. The van der Waals surface area contributed by atoms with Gasteiger partial charge >= 0.3 is 0 Å². The standard InChI is InChI=1S/C19H14FN3OS.C4H9NO.C2H5F/c1-12-7-8-21-18(9-12)23-19(24)16-10-14(4-6-17(16)20)3-5-15-11-22-13(2)25-15;1-3-4(6)5-2;1-2-3/h4,6-11H,1-2H3,(H,21,23,24);3H2,1-2H3,(H,5,6);2H2,1H3. The van der Waals surface area contributed by atoms with Crippen LogP contribution < -0.4 is 10.6 Å². The van der Waals surface area contributed by atoms with Gasteiger partial charge in [0.15, 0.2) is 0 Å². The fraction of sp³-hybridized carbons (Fsp3) is 0.280. The van der Waals surface area contributed by atoms with E-state index in [4.69, 9.17) is 0 Å². The molecule has 0 fully saturated rings. The lowest BCUT2D eigenvalue weighted by atomic mass is 10.1. The Kier molecular flexibility index (Phi) is 12.7. The van der Waals surface area contributed by atoms with Crippen LogP contribution in [-0.4, -0.2) is 35.5 Å². The monoisotopic (exact) mass is 486 g/mol. The van der Waals surface area contributed by atoms with E-state index in [2.05, 4.69) is 32.4 Å². The molecule has 2 N–H and O–H groups in total. The second kappa shape index (κ2) is 15.2. The number of carbonyl (C=O) groups is 2. The number of hydrogen-bond acceptors (Lipinski definition) is 5. The third kappa shape index (κ3) is 10.3. The largest absolute Gasteiger partial charge is 0.359 e. The molecule has 0 aliphatic rings. The third-order valence-corrected chi connectivity index (χ3v) is 4.75. The van der Waals surface area contributed by atoms with E-state index in [-0.39, 0.29) is 18.1 Å². The van der Waals surface area contributed by atoms with Crippen LogP contribution in [0.5, 0.6) is 0 Å². The van der Waals surface area contributed by atoms with Crippen LogP contribution in [-0.2, 0) is 4.79 Å². The van der Waals surface area contributed by atoms with E-state index in [9.17, 15) is 18.4 Å². The van der Waals surface area contributed by atoms with Gasteiger partial charge in [0.1, 0.15) is 11.6 Å². The Morgan fingerprint density at radius 3 is 2.32 bits per heavy atom. The maximum absolute atomic E-state index is 14.0. The molecule has 0 radical (unpaired) electrons. The van der Waals surface area contributed by atoms with Crippen LogP contribution in [0.15, 0.2) is 42.7 Å². The summed E-state index contributed by atoms with van der Waals surface area (Å²) < 4.78 is 24.3. The van der Waals surface area contributed by atoms with Crippen LogP contribution in [0.25, 0.3) is 0 Å². The highest BCUT2D eigenvalue weighted by Gasteiger charge is 2.13. The van der Waals surface area contributed by atoms with Crippen LogP contribution >= 0.6 is 11.3 Å². The van der Waals surface area contributed by atoms with Gasteiger partial charge in [-0.05, 0) is 62.6 Å². The Balaban J connectivity index is 0.000000551. The van der Waals surface area contributed by atoms with Crippen LogP contribution in [0.2, 0.25) is 0 Å². The molecule has 9 heteroatoms. The maximum Gasteiger partial charge on any atom is 0.259 e. The minimum absolute atomic E-state index is 0.0735. The van der Waals surface area contributed by atoms with Crippen molar-refractivity contribution >= 4 is 29.0 Å². The van der Waals surface area contributed by atoms with Gasteiger partial charge in [-0.1, -0.05) is 12.8 Å². The van der Waals surface area contributed by atoms with Crippen molar-refractivity contribution in [3.05, 3.63) is 75.1 Å². The first-order valence-corrected chi connectivity index (χ1v) is 11.3. The van der Waals surface area contributed by atoms with E-state index >= 15 is 0 Å². The minimum atomic E-state index is -0.607. The first kappa shape index (κ1) is 28.4. The number of benzene rings is 1. The summed E-state index contributed by atoms with van der Waals surface area (Å²) in [5.41, 5.74) is 1.43. The van der Waals surface area contributed by atoms with E-state index in [1.165, 1.54) is 36.5 Å². The molecule has 2 amide bonds. The van der Waals surface area contributed by atoms with E-state index in [0.29, 0.717) is 17.8 Å². The molecule has 34 heavy (non-hydrogen) atoms. The van der Waals surface area contributed by atoms with Gasteiger partial charge in [-0.25, -0.2) is 14.4 Å². The average molecular weight is 487 g/mol. The molecule has 0 unspecified atom stereocenters. The van der Waals surface area contributed by atoms with E-state index in [1.54, 1.807) is 25.5 Å². The van der Waals surface area contributed by atoms with Crippen LogP contribution in [0.4, 0.5) is 14.6 Å². The summed E-state index contributed by atoms with van der Waals surface area (Å²) in [6.45, 7) is 6.81. The van der Waals surface area contributed by atoms with Gasteiger partial charge in [-0.3, -0.25) is 14.0 Å². The number of nitrogens with zero attached hydrogens (tertiary/aromatic N) is 2. The van der Waals surface area contributed by atoms with Crippen LogP contribution in [0.1, 0.15) is 51.6 Å². The number of alkyl halides is 1. The fourth-order valence-electron chi connectivity index (χ4n) is 2.29. The fourth-order valence-corrected chi connectivity index (χ4v) is 2.93. The molecule has 0 aliphatic carbocycles. The van der Waals surface area contributed by atoms with Crippen molar-refractivity contribution in [2.75, 3.05) is 19.0 Å². The highest BCUT2D eigenvalue weighted by Crippen LogP contribution is 2.14. The quantitative estimate of drug-likeness (QED) is 0.507. The molecule has 2 aromatic heterocycles. The number of amides is 2. The number of anilines is 1. The number of pyridine rings is 1. The highest BCUT2D eigenvalue weighted by atomic mass is 32.1. The Labute approximate surface area is 202 Å². The van der Waals surface area contributed by atoms with Gasteiger partial charge in [0.25, 0.3) is 5.91 Å². The molecule has 1 aromatic carbocycles. The third-order valence-electron chi connectivity index (χ3n) is 3.92. The summed E-state index contributed by atoms with van der Waals surface area (Å²) >= 11 is 1.48. The molecule has 0 saturated heterocycles. The summed E-state index contributed by atoms with van der Waals surface area (Å²) in [4.78, 5) is 31.4. The Bertz CT molecular complexity index is 1150. The van der Waals surface area contributed by atoms with Crippen molar-refractivity contribution in [3.63, 3.8) is 0 Å². The summed E-state index contributed by atoms with van der Waals surface area (Å²) in [6.07, 6.45) is 3.85. The van der Waals surface area contributed by atoms with Crippen molar-refractivity contribution in [2.24, 2.45) is 0 Å². The highest BCUT2D eigenvalue weighted by molar-refractivity contribution is 7.12. The molecule has 6 nitrogen and oxygen atoms in total. The van der Waals surface area contributed by atoms with Crippen LogP contribution in [0.3, 0.4) is 0 Å². The minimum Gasteiger partial charge on any atom is -0.359 e. The summed E-state index contributed by atoms with van der Waals surface area (Å²) in [5.74, 6) is 5.19. The Morgan fingerprint density at radius 1 is 1.09 bits per heavy atom. The predicted octanol–water partition coefficient (Wildman–Crippen LogP) is 5.06. The van der Waals surface area contributed by atoms with Crippen molar-refractivity contribution in [1.82, 2.24) is 15.3 Å². The second-order valence-electron chi connectivity index (χ2n) is 6.65. The molecular weight excluding hydrogens is 458 g/mol. The summed E-state index contributed by atoms with van der Waals surface area (Å²) in [5, 5.41) is 6.00. The lowest BCUT2D eigenvalue weighted by Crippen LogP contribution is -2.15. The average Bonchev–Trinajstić information content (AvgIpc) is 3.24. The molecule has 0 bridgehead atoms. The number of halogens is 2. The lowest BCUT2D eigenvalue weighted by Gasteiger charge is -2.06. The smallest absolute Gasteiger partial charge is 0.259 e. The summed E-state index contributed by atoms with van der Waals surface area (Å²) in [6, 6.07) is 7.74. The first-order valence-electron chi connectivity index (χ1n) is 10.5. The molecule has 0 saturated carbocycles. The molecule has 0 atom stereocenters. The van der Waals surface area contributed by atoms with Gasteiger partial charge in [-0.2, -0.15) is 0 Å². The molecule has 3 aromatic rings. The van der Waals surface area contributed by atoms with Gasteiger partial charge in [0.05, 0.1) is 28.3 Å². The number of rotatable bonds is 3. The van der Waals surface area contributed by atoms with E-state index in [1.807, 2.05) is 26.8 Å². The van der Waals surface area contributed by atoms with E-state index in [0.717, 1.165) is 15.4 Å². The van der Waals surface area contributed by atoms with Gasteiger partial charge < -0.3 is 10.6 Å². The van der Waals surface area contributed by atoms with Gasteiger partial charge in [-0.15, -0.1) is 11.3 Å². The van der Waals surface area contributed by atoms with Crippen molar-refractivity contribution < 1.29 is 18.4 Å². The number of carbonyl (C=O) groups excluding carboxylic acids is 2. The number of thiazole rings is 1. The predicted molar refractivity (Wildman–Crippen MR) is 132 cm³/mol. The number of aromatic nitrogens is 2. The molecule has 0 aliphatic heterocycles. The molecule has 180 valence electrons. The Morgan fingerprint density at radius 2 is 1.79 bits per heavy atom. The van der Waals surface area contributed by atoms with Crippen LogP contribution in [0, 0.1) is 31.5 Å². The number of aryl methyl sites for hydroxylation is 2. The normalized spacial score (nSPS) is 9.26. The van der Waals surface area contributed by atoms with Gasteiger partial charge in [0.2, 0.25) is 5.91 Å². The lowest BCUT2D eigenvalue weighted by molar-refractivity contribution is -0.120. The molecule has 2 heterocycles. The zero-order chi connectivity index (χ0) is 25.5. The maximum atomic E-state index is 14.0. The molecular formula is C25H28F2N4O2S. The number of nitrogens with one attached hydrogen (secondary N) is 2. The molecule has 0 spiro atoms. The molecule has 3 rings (SSSR count). The number of hydrogen-bond donors (Lipinski definition) is 2. The zero-order valence-electron chi connectivity index (χ0n) is 19.8. The van der Waals surface area contributed by atoms with Gasteiger partial charge in [0, 0.05) is 25.2 Å². The van der Waals surface area contributed by atoms with E-state index < -0.39 is 11.7 Å². The second-order valence-corrected chi connectivity index (χ2v) is 7.89.